The Kier molecular flexibility index (Phi) is 5.82. The van der Waals surface area contributed by atoms with Gasteiger partial charge in [-0.05, 0) is 36.5 Å². The van der Waals surface area contributed by atoms with Gasteiger partial charge in [0.15, 0.2) is 0 Å². The Bertz CT molecular complexity index is 664. The van der Waals surface area contributed by atoms with Crippen LogP contribution in [0.15, 0.2) is 24.3 Å². The third-order valence-corrected chi connectivity index (χ3v) is 4.01. The molecule has 136 valence electrons. The summed E-state index contributed by atoms with van der Waals surface area (Å²) in [5.41, 5.74) is 1.12. The van der Waals surface area contributed by atoms with Gasteiger partial charge in [0, 0.05) is 31.3 Å². The van der Waals surface area contributed by atoms with Crippen molar-refractivity contribution in [1.29, 1.82) is 0 Å². The third kappa shape index (κ3) is 5.59. The zero-order valence-corrected chi connectivity index (χ0v) is 15.4. The molecule has 1 heterocycles. The molecule has 0 radical (unpaired) electrons. The number of carbonyl (C=O) groups is 3. The predicted molar refractivity (Wildman–Crippen MR) is 98.2 cm³/mol. The normalized spacial score (nSPS) is 17.3. The second-order valence-corrected chi connectivity index (χ2v) is 7.73. The molecule has 0 bridgehead atoms. The number of carbonyl (C=O) groups excluding carboxylic acids is 3. The minimum Gasteiger partial charge on any atom is -0.331 e. The van der Waals surface area contributed by atoms with Crippen LogP contribution in [0.3, 0.4) is 0 Å². The minimum atomic E-state index is -0.431. The zero-order valence-electron chi connectivity index (χ0n) is 15.4. The second kappa shape index (κ2) is 7.68. The van der Waals surface area contributed by atoms with Crippen LogP contribution < -0.4 is 10.6 Å². The fourth-order valence-corrected chi connectivity index (χ4v) is 3.00. The maximum absolute atomic E-state index is 12.6. The molecular formula is C19H27N3O3. The molecule has 0 saturated carbocycles. The van der Waals surface area contributed by atoms with Crippen LogP contribution in [0, 0.1) is 5.41 Å². The summed E-state index contributed by atoms with van der Waals surface area (Å²) in [7, 11) is 0. The van der Waals surface area contributed by atoms with Crippen molar-refractivity contribution < 1.29 is 14.4 Å². The molecule has 6 nitrogen and oxygen atoms in total. The van der Waals surface area contributed by atoms with E-state index in [4.69, 9.17) is 0 Å². The zero-order chi connectivity index (χ0) is 18.6. The monoisotopic (exact) mass is 345 g/mol. The summed E-state index contributed by atoms with van der Waals surface area (Å²) in [6, 6.07) is 6.55. The molecule has 6 heteroatoms. The van der Waals surface area contributed by atoms with Crippen LogP contribution in [0.25, 0.3) is 0 Å². The molecular weight excluding hydrogens is 318 g/mol. The van der Waals surface area contributed by atoms with Crippen molar-refractivity contribution in [1.82, 2.24) is 4.90 Å². The van der Waals surface area contributed by atoms with Gasteiger partial charge in [-0.1, -0.05) is 26.8 Å². The Hall–Kier alpha value is -2.37. The van der Waals surface area contributed by atoms with E-state index in [9.17, 15) is 14.4 Å². The first-order valence-corrected chi connectivity index (χ1v) is 8.64. The highest BCUT2D eigenvalue weighted by molar-refractivity contribution is 5.98. The predicted octanol–water partition coefficient (Wildman–Crippen LogP) is 3.01. The molecule has 25 heavy (non-hydrogen) atoms. The number of hydrogen-bond donors (Lipinski definition) is 2. The Morgan fingerprint density at radius 2 is 1.80 bits per heavy atom. The highest BCUT2D eigenvalue weighted by atomic mass is 16.2. The van der Waals surface area contributed by atoms with Crippen LogP contribution >= 0.6 is 0 Å². The fourth-order valence-electron chi connectivity index (χ4n) is 3.00. The van der Waals surface area contributed by atoms with Gasteiger partial charge in [0.1, 0.15) is 6.04 Å². The molecule has 2 N–H and O–H groups in total. The van der Waals surface area contributed by atoms with Crippen molar-refractivity contribution in [3.05, 3.63) is 24.3 Å². The van der Waals surface area contributed by atoms with Crippen molar-refractivity contribution >= 4 is 29.1 Å². The lowest BCUT2D eigenvalue weighted by atomic mass is 9.91. The summed E-state index contributed by atoms with van der Waals surface area (Å²) >= 11 is 0. The summed E-state index contributed by atoms with van der Waals surface area (Å²) < 4.78 is 0. The highest BCUT2D eigenvalue weighted by Gasteiger charge is 2.35. The SMILES string of the molecule is CC(=O)Nc1cccc(NC(=O)[C@H]2CCCN2C(=O)CC(C)(C)C)c1. The van der Waals surface area contributed by atoms with E-state index in [1.165, 1.54) is 6.92 Å². The van der Waals surface area contributed by atoms with Gasteiger partial charge in [0.05, 0.1) is 0 Å². The largest absolute Gasteiger partial charge is 0.331 e. The van der Waals surface area contributed by atoms with Gasteiger partial charge in [-0.15, -0.1) is 0 Å². The van der Waals surface area contributed by atoms with E-state index >= 15 is 0 Å². The second-order valence-electron chi connectivity index (χ2n) is 7.73. The fraction of sp³-hybridized carbons (Fsp3) is 0.526. The first-order valence-electron chi connectivity index (χ1n) is 8.64. The Morgan fingerprint density at radius 3 is 2.40 bits per heavy atom. The van der Waals surface area contributed by atoms with Crippen molar-refractivity contribution in [3.8, 4) is 0 Å². The van der Waals surface area contributed by atoms with E-state index in [-0.39, 0.29) is 23.1 Å². The van der Waals surface area contributed by atoms with Crippen molar-refractivity contribution in [2.75, 3.05) is 17.2 Å². The van der Waals surface area contributed by atoms with E-state index < -0.39 is 6.04 Å². The number of benzene rings is 1. The molecule has 1 aromatic rings. The maximum atomic E-state index is 12.6. The standard InChI is InChI=1S/C19H27N3O3/c1-13(23)20-14-7-5-8-15(11-14)21-18(25)16-9-6-10-22(16)17(24)12-19(2,3)4/h5,7-8,11,16H,6,9-10,12H2,1-4H3,(H,20,23)(H,21,25)/t16-/m1/s1. The van der Waals surface area contributed by atoms with Gasteiger partial charge in [-0.25, -0.2) is 0 Å². The van der Waals surface area contributed by atoms with Crippen LogP contribution in [0.5, 0.6) is 0 Å². The Labute approximate surface area is 149 Å². The summed E-state index contributed by atoms with van der Waals surface area (Å²) in [6.07, 6.45) is 1.93. The molecule has 0 aliphatic carbocycles. The first-order chi connectivity index (χ1) is 11.7. The molecule has 1 aliphatic rings. The van der Waals surface area contributed by atoms with E-state index in [1.807, 2.05) is 20.8 Å². The van der Waals surface area contributed by atoms with Crippen molar-refractivity contribution in [3.63, 3.8) is 0 Å². The van der Waals surface area contributed by atoms with Crippen LogP contribution in [0.2, 0.25) is 0 Å². The average molecular weight is 345 g/mol. The number of nitrogens with zero attached hydrogens (tertiary/aromatic N) is 1. The maximum Gasteiger partial charge on any atom is 0.247 e. The lowest BCUT2D eigenvalue weighted by molar-refractivity contribution is -0.138. The minimum absolute atomic E-state index is 0.0251. The van der Waals surface area contributed by atoms with Gasteiger partial charge in [-0.3, -0.25) is 14.4 Å². The summed E-state index contributed by atoms with van der Waals surface area (Å²) in [4.78, 5) is 38.0. The first kappa shape index (κ1) is 19.0. The Morgan fingerprint density at radius 1 is 1.16 bits per heavy atom. The summed E-state index contributed by atoms with van der Waals surface area (Å²) in [5, 5.41) is 5.55. The van der Waals surface area contributed by atoms with Crippen LogP contribution in [-0.2, 0) is 14.4 Å². The van der Waals surface area contributed by atoms with E-state index in [2.05, 4.69) is 10.6 Å². The number of hydrogen-bond acceptors (Lipinski definition) is 3. The van der Waals surface area contributed by atoms with Gasteiger partial charge >= 0.3 is 0 Å². The number of likely N-dealkylation sites (tertiary alicyclic amines) is 1. The topological polar surface area (TPSA) is 78.5 Å². The Balaban J connectivity index is 2.04. The van der Waals surface area contributed by atoms with E-state index in [1.54, 1.807) is 29.2 Å². The van der Waals surface area contributed by atoms with Crippen LogP contribution in [-0.4, -0.2) is 35.2 Å². The van der Waals surface area contributed by atoms with Crippen LogP contribution in [0.1, 0.15) is 47.0 Å². The molecule has 1 saturated heterocycles. The molecule has 0 unspecified atom stereocenters. The highest BCUT2D eigenvalue weighted by Crippen LogP contribution is 2.26. The van der Waals surface area contributed by atoms with E-state index in [0.29, 0.717) is 30.8 Å². The van der Waals surface area contributed by atoms with Crippen LogP contribution in [0.4, 0.5) is 11.4 Å². The molecule has 1 fully saturated rings. The van der Waals surface area contributed by atoms with Crippen molar-refractivity contribution in [2.45, 2.75) is 53.0 Å². The van der Waals surface area contributed by atoms with Gasteiger partial charge in [-0.2, -0.15) is 0 Å². The third-order valence-electron chi connectivity index (χ3n) is 4.01. The van der Waals surface area contributed by atoms with Gasteiger partial charge in [0.2, 0.25) is 17.7 Å². The average Bonchev–Trinajstić information content (AvgIpc) is 2.94. The quantitative estimate of drug-likeness (QED) is 0.880. The van der Waals surface area contributed by atoms with Gasteiger partial charge in [0.25, 0.3) is 0 Å². The number of nitrogens with one attached hydrogen (secondary N) is 2. The molecule has 2 rings (SSSR count). The summed E-state index contributed by atoms with van der Waals surface area (Å²) in [5.74, 6) is -0.324. The van der Waals surface area contributed by atoms with Crippen molar-refractivity contribution in [2.24, 2.45) is 5.41 Å². The summed E-state index contributed by atoms with van der Waals surface area (Å²) in [6.45, 7) is 8.11. The number of rotatable bonds is 4. The van der Waals surface area contributed by atoms with Gasteiger partial charge < -0.3 is 15.5 Å². The molecule has 0 aromatic heterocycles. The molecule has 3 amide bonds. The molecule has 1 aliphatic heterocycles. The lowest BCUT2D eigenvalue weighted by Gasteiger charge is -2.27. The smallest absolute Gasteiger partial charge is 0.247 e. The molecule has 0 spiro atoms. The van der Waals surface area contributed by atoms with E-state index in [0.717, 1.165) is 6.42 Å². The number of anilines is 2. The number of amides is 3. The molecule has 1 atom stereocenters. The lowest BCUT2D eigenvalue weighted by Crippen LogP contribution is -2.44. The molecule has 1 aromatic carbocycles.